The van der Waals surface area contributed by atoms with Crippen LogP contribution >= 0.6 is 12.4 Å². The molecule has 176 valence electrons. The van der Waals surface area contributed by atoms with Gasteiger partial charge in [0.25, 0.3) is 11.5 Å². The number of H-pyrrole nitrogens is 1. The van der Waals surface area contributed by atoms with Crippen LogP contribution in [0.15, 0.2) is 41.3 Å². The van der Waals surface area contributed by atoms with E-state index in [9.17, 15) is 14.0 Å². The Morgan fingerprint density at radius 2 is 1.88 bits per heavy atom. The molecule has 7 nitrogen and oxygen atoms in total. The smallest absolute Gasteiger partial charge is 0.274 e. The number of rotatable bonds is 2. The van der Waals surface area contributed by atoms with Crippen molar-refractivity contribution in [1.82, 2.24) is 19.3 Å². The number of carbonyl (C=O) groups is 1. The fraction of sp³-hybridized carbons (Fsp3) is 0.320. The molecule has 1 fully saturated rings. The molecule has 0 radical (unpaired) electrons. The first-order valence-electron chi connectivity index (χ1n) is 11.2. The molecule has 2 aliphatic rings. The van der Waals surface area contributed by atoms with Crippen molar-refractivity contribution in [3.63, 3.8) is 0 Å². The van der Waals surface area contributed by atoms with E-state index in [-0.39, 0.29) is 35.6 Å². The first kappa shape index (κ1) is 22.6. The Kier molecular flexibility index (Phi) is 5.65. The first-order chi connectivity index (χ1) is 16.0. The van der Waals surface area contributed by atoms with E-state index in [1.54, 1.807) is 23.2 Å². The summed E-state index contributed by atoms with van der Waals surface area (Å²) >= 11 is 0. The highest BCUT2D eigenvalue weighted by Crippen LogP contribution is 2.30. The number of nitrogens with zero attached hydrogens (tertiary/aromatic N) is 3. The van der Waals surface area contributed by atoms with Gasteiger partial charge in [0.1, 0.15) is 17.2 Å². The average molecular weight is 483 g/mol. The van der Waals surface area contributed by atoms with Crippen LogP contribution in [0, 0.1) is 12.7 Å². The molecule has 0 saturated carbocycles. The number of hydrogen-bond donors (Lipinski definition) is 1. The second-order valence-electron chi connectivity index (χ2n) is 8.94. The molecule has 1 amide bonds. The van der Waals surface area contributed by atoms with Crippen molar-refractivity contribution >= 4 is 34.9 Å². The SMILES string of the molecule is Cc1cc2c(cc1C(=O)N1Cc3ccc(F)cc3C1)[nH]c(=O)c1cnc(C3CCOCC3)n12.Cl. The lowest BCUT2D eigenvalue weighted by molar-refractivity contribution is 0.0750. The van der Waals surface area contributed by atoms with E-state index in [1.165, 1.54) is 12.1 Å². The molecule has 0 bridgehead atoms. The Hall–Kier alpha value is -3.23. The van der Waals surface area contributed by atoms with Crippen molar-refractivity contribution in [2.75, 3.05) is 13.2 Å². The number of aromatic nitrogens is 3. The molecule has 9 heteroatoms. The van der Waals surface area contributed by atoms with Crippen molar-refractivity contribution in [2.45, 2.75) is 38.8 Å². The predicted molar refractivity (Wildman–Crippen MR) is 128 cm³/mol. The Morgan fingerprint density at radius 1 is 1.12 bits per heavy atom. The topological polar surface area (TPSA) is 79.7 Å². The number of halogens is 2. The number of carbonyl (C=O) groups excluding carboxylic acids is 1. The number of aryl methyl sites for hydroxylation is 1. The van der Waals surface area contributed by atoms with Crippen LogP contribution in [0.1, 0.15) is 51.6 Å². The zero-order chi connectivity index (χ0) is 22.7. The average Bonchev–Trinajstić information content (AvgIpc) is 3.44. The van der Waals surface area contributed by atoms with Crippen LogP contribution in [0.25, 0.3) is 16.6 Å². The Balaban J connectivity index is 0.00000241. The Bertz CT molecular complexity index is 1490. The molecule has 2 aliphatic heterocycles. The fourth-order valence-electron chi connectivity index (χ4n) is 5.09. The number of imidazole rings is 1. The number of fused-ring (bicyclic) bond motifs is 4. The van der Waals surface area contributed by atoms with Gasteiger partial charge in [0.2, 0.25) is 0 Å². The van der Waals surface area contributed by atoms with Crippen molar-refractivity contribution in [3.8, 4) is 0 Å². The summed E-state index contributed by atoms with van der Waals surface area (Å²) in [6, 6.07) is 8.34. The lowest BCUT2D eigenvalue weighted by Crippen LogP contribution is -2.26. The summed E-state index contributed by atoms with van der Waals surface area (Å²) < 4.78 is 21.0. The lowest BCUT2D eigenvalue weighted by atomic mass is 9.99. The highest BCUT2D eigenvalue weighted by Gasteiger charge is 2.27. The standard InChI is InChI=1S/C25H23FN4O3.ClH/c1-14-8-21-20(10-19(14)25(32)29-12-16-2-3-18(26)9-17(16)13-29)28-24(31)22-11-27-23(30(21)22)15-4-6-33-7-5-15;/h2-3,8-11,15H,4-7,12-13H2,1H3,(H,28,31);1H. The van der Waals surface area contributed by atoms with Crippen molar-refractivity contribution in [3.05, 3.63) is 80.8 Å². The summed E-state index contributed by atoms with van der Waals surface area (Å²) in [6.45, 7) is 4.07. The lowest BCUT2D eigenvalue weighted by Gasteiger charge is -2.22. The number of hydrogen-bond acceptors (Lipinski definition) is 4. The van der Waals surface area contributed by atoms with Crippen molar-refractivity contribution < 1.29 is 13.9 Å². The second-order valence-corrected chi connectivity index (χ2v) is 8.94. The van der Waals surface area contributed by atoms with Crippen LogP contribution in [0.3, 0.4) is 0 Å². The predicted octanol–water partition coefficient (Wildman–Crippen LogP) is 4.10. The molecule has 1 N–H and O–H groups in total. The molecular weight excluding hydrogens is 459 g/mol. The van der Waals surface area contributed by atoms with Crippen LogP contribution in [0.5, 0.6) is 0 Å². The third-order valence-corrected chi connectivity index (χ3v) is 6.85. The van der Waals surface area contributed by atoms with E-state index in [4.69, 9.17) is 4.74 Å². The van der Waals surface area contributed by atoms with E-state index < -0.39 is 0 Å². The molecular formula is C25H24ClFN4O3. The van der Waals surface area contributed by atoms with Gasteiger partial charge in [0, 0.05) is 37.8 Å². The molecule has 0 unspecified atom stereocenters. The molecule has 4 heterocycles. The number of amides is 1. The molecule has 34 heavy (non-hydrogen) atoms. The van der Waals surface area contributed by atoms with Crippen LogP contribution in [0.4, 0.5) is 4.39 Å². The number of ether oxygens (including phenoxy) is 1. The molecule has 0 spiro atoms. The third kappa shape index (κ3) is 3.58. The number of benzene rings is 2. The van der Waals surface area contributed by atoms with Gasteiger partial charge in [0.15, 0.2) is 0 Å². The Labute approximate surface area is 201 Å². The molecule has 4 aromatic rings. The van der Waals surface area contributed by atoms with Gasteiger partial charge >= 0.3 is 0 Å². The molecule has 2 aromatic heterocycles. The minimum absolute atomic E-state index is 0. The van der Waals surface area contributed by atoms with E-state index in [2.05, 4.69) is 9.97 Å². The normalized spacial score (nSPS) is 16.1. The summed E-state index contributed by atoms with van der Waals surface area (Å²) in [6.07, 6.45) is 3.34. The Morgan fingerprint density at radius 3 is 2.68 bits per heavy atom. The highest BCUT2D eigenvalue weighted by atomic mass is 35.5. The van der Waals surface area contributed by atoms with Gasteiger partial charge in [-0.15, -0.1) is 12.4 Å². The van der Waals surface area contributed by atoms with Gasteiger partial charge in [0.05, 0.1) is 17.2 Å². The third-order valence-electron chi connectivity index (χ3n) is 6.85. The summed E-state index contributed by atoms with van der Waals surface area (Å²) in [4.78, 5) is 35.4. The van der Waals surface area contributed by atoms with Gasteiger partial charge in [-0.25, -0.2) is 9.37 Å². The molecule has 0 aliphatic carbocycles. The fourth-order valence-corrected chi connectivity index (χ4v) is 5.09. The minimum Gasteiger partial charge on any atom is -0.381 e. The van der Waals surface area contributed by atoms with Crippen LogP contribution in [0.2, 0.25) is 0 Å². The molecule has 1 saturated heterocycles. The zero-order valence-corrected chi connectivity index (χ0v) is 19.5. The quantitative estimate of drug-likeness (QED) is 0.466. The van der Waals surface area contributed by atoms with E-state index in [0.717, 1.165) is 40.9 Å². The van der Waals surface area contributed by atoms with E-state index in [0.29, 0.717) is 42.9 Å². The van der Waals surface area contributed by atoms with Crippen LogP contribution < -0.4 is 5.56 Å². The maximum Gasteiger partial charge on any atom is 0.274 e. The zero-order valence-electron chi connectivity index (χ0n) is 18.6. The van der Waals surface area contributed by atoms with Gasteiger partial charge in [-0.3, -0.25) is 14.0 Å². The second kappa shape index (κ2) is 8.52. The summed E-state index contributed by atoms with van der Waals surface area (Å²) in [5.74, 6) is 0.644. The maximum absolute atomic E-state index is 13.6. The van der Waals surface area contributed by atoms with Crippen molar-refractivity contribution in [1.29, 1.82) is 0 Å². The van der Waals surface area contributed by atoms with Gasteiger partial charge < -0.3 is 14.6 Å². The van der Waals surface area contributed by atoms with E-state index >= 15 is 0 Å². The number of nitrogens with one attached hydrogen (secondary N) is 1. The van der Waals surface area contributed by atoms with Gasteiger partial charge in [-0.2, -0.15) is 0 Å². The van der Waals surface area contributed by atoms with Crippen LogP contribution in [-0.2, 0) is 17.8 Å². The summed E-state index contributed by atoms with van der Waals surface area (Å²) in [5, 5.41) is 0. The molecule has 2 aromatic carbocycles. The van der Waals surface area contributed by atoms with E-state index in [1.807, 2.05) is 17.4 Å². The van der Waals surface area contributed by atoms with Crippen LogP contribution in [-0.4, -0.2) is 38.4 Å². The summed E-state index contributed by atoms with van der Waals surface area (Å²) in [5.41, 5.74) is 4.81. The maximum atomic E-state index is 13.6. The minimum atomic E-state index is -0.299. The molecule has 6 rings (SSSR count). The summed E-state index contributed by atoms with van der Waals surface area (Å²) in [7, 11) is 0. The first-order valence-corrected chi connectivity index (χ1v) is 11.2. The van der Waals surface area contributed by atoms with Gasteiger partial charge in [-0.05, 0) is 60.7 Å². The largest absolute Gasteiger partial charge is 0.381 e. The monoisotopic (exact) mass is 482 g/mol. The van der Waals surface area contributed by atoms with Crippen molar-refractivity contribution in [2.24, 2.45) is 0 Å². The highest BCUT2D eigenvalue weighted by molar-refractivity contribution is 5.99. The molecule has 0 atom stereocenters. The van der Waals surface area contributed by atoms with Gasteiger partial charge in [-0.1, -0.05) is 6.07 Å². The number of aromatic amines is 1.